The number of nitrogens with zero attached hydrogens (tertiary/aromatic N) is 4. The van der Waals surface area contributed by atoms with E-state index in [1.165, 1.54) is 25.0 Å². The van der Waals surface area contributed by atoms with Crippen LogP contribution in [0, 0.1) is 0 Å². The Morgan fingerprint density at radius 2 is 1.78 bits per heavy atom. The highest BCUT2D eigenvalue weighted by Gasteiger charge is 2.39. The van der Waals surface area contributed by atoms with Crippen molar-refractivity contribution in [2.24, 2.45) is 15.3 Å². The molecule has 2 amide bonds. The highest BCUT2D eigenvalue weighted by Crippen LogP contribution is 2.30. The van der Waals surface area contributed by atoms with Crippen LogP contribution < -0.4 is 5.32 Å². The van der Waals surface area contributed by atoms with Gasteiger partial charge in [-0.3, -0.25) is 9.59 Å². The van der Waals surface area contributed by atoms with E-state index in [9.17, 15) is 9.59 Å². The molecule has 4 rings (SSSR count). The van der Waals surface area contributed by atoms with Crippen LogP contribution in [0.3, 0.4) is 0 Å². The molecular weight excluding hydrogens is 454 g/mol. The van der Waals surface area contributed by atoms with Gasteiger partial charge in [-0.2, -0.15) is 15.2 Å². The van der Waals surface area contributed by atoms with Gasteiger partial charge in [0, 0.05) is 17.1 Å². The monoisotopic (exact) mass is 469 g/mol. The number of rotatable bonds is 7. The smallest absolute Gasteiger partial charge is 0.263 e. The Kier molecular flexibility index (Phi) is 6.83. The minimum atomic E-state index is -0.714. The molecule has 1 atom stereocenters. The fourth-order valence-corrected chi connectivity index (χ4v) is 3.80. The van der Waals surface area contributed by atoms with Crippen molar-refractivity contribution in [1.29, 1.82) is 0 Å². The minimum Gasteiger partial charge on any atom is -0.463 e. The first-order valence-corrected chi connectivity index (χ1v) is 10.6. The second kappa shape index (κ2) is 10.1. The molecule has 0 radical (unpaired) electrons. The summed E-state index contributed by atoms with van der Waals surface area (Å²) in [6, 6.07) is 13.5. The van der Waals surface area contributed by atoms with E-state index in [1.54, 1.807) is 48.5 Å². The number of amidine groups is 1. The molecule has 0 spiro atoms. The number of hydrazone groups is 1. The van der Waals surface area contributed by atoms with Crippen LogP contribution in [0.5, 0.6) is 0 Å². The number of furan rings is 2. The Bertz CT molecular complexity index is 1160. The van der Waals surface area contributed by atoms with Crippen LogP contribution in [0.4, 0.5) is 5.69 Å². The van der Waals surface area contributed by atoms with Gasteiger partial charge in [-0.1, -0.05) is 23.4 Å². The quantitative estimate of drug-likeness (QED) is 0.411. The van der Waals surface area contributed by atoms with Crippen molar-refractivity contribution in [2.75, 3.05) is 5.32 Å². The number of anilines is 1. The number of amides is 2. The third kappa shape index (κ3) is 5.54. The lowest BCUT2D eigenvalue weighted by Gasteiger charge is -2.09. The number of halogens is 1. The Labute approximate surface area is 191 Å². The number of carbonyl (C=O) groups excluding carboxylic acids is 2. The first kappa shape index (κ1) is 21.6. The summed E-state index contributed by atoms with van der Waals surface area (Å²) < 4.78 is 10.4. The van der Waals surface area contributed by atoms with Crippen molar-refractivity contribution in [2.45, 2.75) is 11.7 Å². The molecule has 3 aromatic rings. The van der Waals surface area contributed by atoms with E-state index in [1.807, 2.05) is 0 Å². The van der Waals surface area contributed by atoms with Crippen molar-refractivity contribution in [1.82, 2.24) is 5.01 Å². The molecule has 1 unspecified atom stereocenters. The van der Waals surface area contributed by atoms with Crippen LogP contribution in [-0.2, 0) is 9.59 Å². The summed E-state index contributed by atoms with van der Waals surface area (Å²) in [4.78, 5) is 25.4. The molecule has 1 fully saturated rings. The number of thioether (sulfide) groups is 1. The topological polar surface area (TPSA) is 113 Å². The predicted octanol–water partition coefficient (Wildman–Crippen LogP) is 4.22. The number of hydrogen-bond donors (Lipinski definition) is 1. The maximum absolute atomic E-state index is 12.9. The van der Waals surface area contributed by atoms with E-state index in [-0.39, 0.29) is 17.5 Å². The molecule has 32 heavy (non-hydrogen) atoms. The molecule has 11 heteroatoms. The fraction of sp³-hybridized carbons (Fsp3) is 0.0952. The zero-order valence-electron chi connectivity index (χ0n) is 16.4. The van der Waals surface area contributed by atoms with Gasteiger partial charge in [0.2, 0.25) is 11.1 Å². The minimum absolute atomic E-state index is 0.0696. The van der Waals surface area contributed by atoms with Crippen molar-refractivity contribution < 1.29 is 18.4 Å². The average Bonchev–Trinajstić information content (AvgIpc) is 3.53. The van der Waals surface area contributed by atoms with E-state index in [0.717, 1.165) is 16.8 Å². The molecule has 1 aliphatic rings. The van der Waals surface area contributed by atoms with E-state index >= 15 is 0 Å². The summed E-state index contributed by atoms with van der Waals surface area (Å²) in [7, 11) is 0. The summed E-state index contributed by atoms with van der Waals surface area (Å²) >= 11 is 6.96. The second-order valence-corrected chi connectivity index (χ2v) is 8.02. The molecule has 1 saturated heterocycles. The third-order valence-electron chi connectivity index (χ3n) is 4.13. The molecule has 0 aliphatic carbocycles. The summed E-state index contributed by atoms with van der Waals surface area (Å²) in [6.45, 7) is 0. The van der Waals surface area contributed by atoms with Gasteiger partial charge in [0.05, 0.1) is 25.0 Å². The van der Waals surface area contributed by atoms with E-state index in [2.05, 4.69) is 20.6 Å². The molecule has 0 saturated carbocycles. The zero-order valence-corrected chi connectivity index (χ0v) is 18.0. The molecule has 9 nitrogen and oxygen atoms in total. The van der Waals surface area contributed by atoms with Crippen molar-refractivity contribution >= 4 is 58.5 Å². The van der Waals surface area contributed by atoms with Crippen LogP contribution in [-0.4, -0.2) is 39.7 Å². The maximum Gasteiger partial charge on any atom is 0.263 e. The largest absolute Gasteiger partial charge is 0.463 e. The number of nitrogens with one attached hydrogen (secondary N) is 1. The molecule has 1 N–H and O–H groups in total. The lowest BCUT2D eigenvalue weighted by molar-refractivity contribution is -0.128. The van der Waals surface area contributed by atoms with Gasteiger partial charge in [-0.25, -0.2) is 0 Å². The van der Waals surface area contributed by atoms with Crippen LogP contribution in [0.2, 0.25) is 5.02 Å². The van der Waals surface area contributed by atoms with Crippen LogP contribution in [0.15, 0.2) is 85.2 Å². The number of carbonyl (C=O) groups is 2. The molecule has 2 aromatic heterocycles. The molecule has 162 valence electrons. The van der Waals surface area contributed by atoms with Crippen LogP contribution in [0.1, 0.15) is 17.9 Å². The summed E-state index contributed by atoms with van der Waals surface area (Å²) in [6.07, 6.45) is 5.74. The summed E-state index contributed by atoms with van der Waals surface area (Å²) in [5.41, 5.74) is 0.583. The van der Waals surface area contributed by atoms with Crippen molar-refractivity contribution in [3.8, 4) is 0 Å². The van der Waals surface area contributed by atoms with Crippen molar-refractivity contribution in [3.63, 3.8) is 0 Å². The highest BCUT2D eigenvalue weighted by molar-refractivity contribution is 8.15. The van der Waals surface area contributed by atoms with E-state index in [4.69, 9.17) is 20.4 Å². The van der Waals surface area contributed by atoms with Gasteiger partial charge in [-0.15, -0.1) is 5.10 Å². The summed E-state index contributed by atoms with van der Waals surface area (Å²) in [5.74, 6) is 0.253. The molecule has 1 aromatic carbocycles. The molecule has 1 aliphatic heterocycles. The first-order valence-electron chi connectivity index (χ1n) is 9.36. The van der Waals surface area contributed by atoms with Crippen LogP contribution in [0.25, 0.3) is 0 Å². The summed E-state index contributed by atoms with van der Waals surface area (Å²) in [5, 5.41) is 16.1. The molecule has 3 heterocycles. The van der Waals surface area contributed by atoms with Gasteiger partial charge in [-0.05, 0) is 48.5 Å². The van der Waals surface area contributed by atoms with Gasteiger partial charge >= 0.3 is 0 Å². The van der Waals surface area contributed by atoms with Crippen LogP contribution >= 0.6 is 23.4 Å². The van der Waals surface area contributed by atoms with E-state index in [0.29, 0.717) is 22.2 Å². The maximum atomic E-state index is 12.9. The van der Waals surface area contributed by atoms with Gasteiger partial charge in [0.15, 0.2) is 0 Å². The fourth-order valence-electron chi connectivity index (χ4n) is 2.65. The van der Waals surface area contributed by atoms with Gasteiger partial charge < -0.3 is 14.2 Å². The Balaban J connectivity index is 1.48. The van der Waals surface area contributed by atoms with Crippen molar-refractivity contribution in [3.05, 3.63) is 77.6 Å². The standard InChI is InChI=1S/C21H16ClN5O4S/c22-14-5-7-15(8-6-14)25-19(28)11-18-20(29)27(24-13-17-4-2-10-31-17)21(32-18)26-23-12-16-3-1-9-30-16/h1-10,12-13,18H,11H2,(H,25,28). The van der Waals surface area contributed by atoms with E-state index < -0.39 is 11.2 Å². The lowest BCUT2D eigenvalue weighted by Crippen LogP contribution is -2.29. The zero-order chi connectivity index (χ0) is 22.3. The normalized spacial score (nSPS) is 17.8. The predicted molar refractivity (Wildman–Crippen MR) is 123 cm³/mol. The number of hydrogen-bond acceptors (Lipinski definition) is 8. The first-order chi connectivity index (χ1) is 15.6. The highest BCUT2D eigenvalue weighted by atomic mass is 35.5. The lowest BCUT2D eigenvalue weighted by atomic mass is 10.2. The average molecular weight is 470 g/mol. The SMILES string of the molecule is O=C(CC1SC(=NN=Cc2ccco2)N(N=Cc2ccco2)C1=O)Nc1ccc(Cl)cc1. The third-order valence-corrected chi connectivity index (χ3v) is 5.50. The Morgan fingerprint density at radius 3 is 2.44 bits per heavy atom. The van der Waals surface area contributed by atoms with Gasteiger partial charge in [0.1, 0.15) is 16.8 Å². The Morgan fingerprint density at radius 1 is 1.09 bits per heavy atom. The molecular formula is C21H16ClN5O4S. The molecule has 0 bridgehead atoms. The Hall–Kier alpha value is -3.63. The number of benzene rings is 1. The van der Waals surface area contributed by atoms with Gasteiger partial charge in [0.25, 0.3) is 5.91 Å². The second-order valence-electron chi connectivity index (χ2n) is 6.42.